The lowest BCUT2D eigenvalue weighted by Gasteiger charge is -2.81. The van der Waals surface area contributed by atoms with Crippen molar-refractivity contribution in [1.29, 1.82) is 0 Å². The summed E-state index contributed by atoms with van der Waals surface area (Å²) in [7, 11) is 0. The summed E-state index contributed by atoms with van der Waals surface area (Å²) >= 11 is 0. The fourth-order valence-electron chi connectivity index (χ4n) is 6.06. The molecule has 0 aromatic rings. The van der Waals surface area contributed by atoms with Gasteiger partial charge in [-0.15, -0.1) is 0 Å². The second-order valence-corrected chi connectivity index (χ2v) is 6.03. The van der Waals surface area contributed by atoms with Crippen LogP contribution in [0.1, 0.15) is 12.8 Å². The number of rotatable bonds is 0. The molecule has 8 aliphatic rings. The van der Waals surface area contributed by atoms with E-state index >= 15 is 0 Å². The molecule has 14 heavy (non-hydrogen) atoms. The van der Waals surface area contributed by atoms with E-state index in [0.29, 0.717) is 35.2 Å². The molecule has 0 aromatic heterocycles. The maximum Gasteiger partial charge on any atom is 0.136 e. The number of carbonyl (C=O) groups excluding carboxylic acids is 2. The molecule has 8 bridgehead atoms. The van der Waals surface area contributed by atoms with Gasteiger partial charge in [0, 0.05) is 24.7 Å². The molecule has 0 aliphatic heterocycles. The molecule has 8 aliphatic carbocycles. The molecule has 0 N–H and O–H groups in total. The van der Waals surface area contributed by atoms with Crippen molar-refractivity contribution in [2.24, 2.45) is 47.3 Å². The van der Waals surface area contributed by atoms with Gasteiger partial charge in [-0.05, 0) is 35.5 Å². The van der Waals surface area contributed by atoms with E-state index in [1.807, 2.05) is 0 Å². The minimum Gasteiger partial charge on any atom is -0.299 e. The predicted octanol–water partition coefficient (Wildman–Crippen LogP) is 0.902. The smallest absolute Gasteiger partial charge is 0.136 e. The number of hydrogen-bond donors (Lipinski definition) is 0. The fourth-order valence-corrected chi connectivity index (χ4v) is 6.06. The van der Waals surface area contributed by atoms with Gasteiger partial charge in [0.25, 0.3) is 0 Å². The molecule has 8 saturated carbocycles. The van der Waals surface area contributed by atoms with Crippen LogP contribution in [0.15, 0.2) is 0 Å². The van der Waals surface area contributed by atoms with Gasteiger partial charge in [0.05, 0.1) is 0 Å². The van der Waals surface area contributed by atoms with Crippen LogP contribution in [0.2, 0.25) is 0 Å². The SMILES string of the molecule is O=C1C[C@@H]2[C@H]3[C@@H]4CC(=O)[C@H]5[C@@H]([C@H]14)[C@H]2[C@@H]53. The molecule has 0 spiro atoms. The second kappa shape index (κ2) is 1.62. The van der Waals surface area contributed by atoms with Gasteiger partial charge in [0.15, 0.2) is 0 Å². The summed E-state index contributed by atoms with van der Waals surface area (Å²) in [4.78, 5) is 23.6. The molecular weight excluding hydrogens is 176 g/mol. The maximum atomic E-state index is 11.8. The Morgan fingerprint density at radius 3 is 2.21 bits per heavy atom. The summed E-state index contributed by atoms with van der Waals surface area (Å²) in [5.74, 6) is 5.81. The van der Waals surface area contributed by atoms with E-state index in [0.717, 1.165) is 36.5 Å². The van der Waals surface area contributed by atoms with Crippen molar-refractivity contribution < 1.29 is 9.59 Å². The van der Waals surface area contributed by atoms with Gasteiger partial charge in [-0.3, -0.25) is 9.59 Å². The van der Waals surface area contributed by atoms with Crippen LogP contribution in [0.25, 0.3) is 0 Å². The van der Waals surface area contributed by atoms with E-state index in [2.05, 4.69) is 0 Å². The van der Waals surface area contributed by atoms with Crippen LogP contribution in [-0.2, 0) is 9.59 Å². The average molecular weight is 188 g/mol. The zero-order valence-corrected chi connectivity index (χ0v) is 7.85. The lowest BCUT2D eigenvalue weighted by Crippen LogP contribution is -2.82. The first-order valence-electron chi connectivity index (χ1n) is 5.84. The molecule has 0 radical (unpaired) electrons. The highest BCUT2D eigenvalue weighted by Crippen LogP contribution is 2.81. The van der Waals surface area contributed by atoms with Crippen molar-refractivity contribution in [3.05, 3.63) is 0 Å². The van der Waals surface area contributed by atoms with Gasteiger partial charge >= 0.3 is 0 Å². The number of Topliss-reactive ketones (excluding diaryl/α,β-unsaturated/α-hetero) is 2. The average Bonchev–Trinajstić information content (AvgIpc) is 2.10. The molecule has 72 valence electrons. The van der Waals surface area contributed by atoms with Crippen molar-refractivity contribution in [1.82, 2.24) is 0 Å². The Morgan fingerprint density at radius 2 is 1.43 bits per heavy atom. The summed E-state index contributed by atoms with van der Waals surface area (Å²) < 4.78 is 0. The highest BCUT2D eigenvalue weighted by atomic mass is 16.1. The maximum absolute atomic E-state index is 11.8. The van der Waals surface area contributed by atoms with Crippen LogP contribution >= 0.6 is 0 Å². The van der Waals surface area contributed by atoms with E-state index in [1.165, 1.54) is 0 Å². The first kappa shape index (κ1) is 6.76. The Bertz CT molecular complexity index is 391. The largest absolute Gasteiger partial charge is 0.299 e. The van der Waals surface area contributed by atoms with Gasteiger partial charge < -0.3 is 0 Å². The second-order valence-electron chi connectivity index (χ2n) is 6.03. The topological polar surface area (TPSA) is 34.1 Å². The van der Waals surface area contributed by atoms with E-state index in [-0.39, 0.29) is 0 Å². The van der Waals surface area contributed by atoms with E-state index in [1.54, 1.807) is 0 Å². The minimum absolute atomic E-state index is 0.336. The molecule has 8 fully saturated rings. The highest BCUT2D eigenvalue weighted by Gasteiger charge is 2.81. The molecule has 0 saturated heterocycles. The summed E-state index contributed by atoms with van der Waals surface area (Å²) in [5.41, 5.74) is 0. The van der Waals surface area contributed by atoms with E-state index in [4.69, 9.17) is 0 Å². The van der Waals surface area contributed by atoms with Gasteiger partial charge in [-0.25, -0.2) is 0 Å². The van der Waals surface area contributed by atoms with Gasteiger partial charge in [-0.1, -0.05) is 0 Å². The highest BCUT2D eigenvalue weighted by molar-refractivity contribution is 5.93. The normalized spacial score (nSPS) is 70.6. The van der Waals surface area contributed by atoms with Crippen molar-refractivity contribution >= 4 is 11.6 Å². The van der Waals surface area contributed by atoms with Gasteiger partial charge in [-0.2, -0.15) is 0 Å². The summed E-state index contributed by atoms with van der Waals surface area (Å²) in [6.07, 6.45) is 1.62. The molecule has 0 heterocycles. The lowest BCUT2D eigenvalue weighted by atomic mass is 9.21. The van der Waals surface area contributed by atoms with Gasteiger partial charge in [0.1, 0.15) is 11.6 Å². The number of fused-ring (bicyclic) bond motifs is 2. The fraction of sp³-hybridized carbons (Fsp3) is 0.833. The van der Waals surface area contributed by atoms with Gasteiger partial charge in [0.2, 0.25) is 0 Å². The lowest BCUT2D eigenvalue weighted by molar-refractivity contribution is -0.319. The monoisotopic (exact) mass is 188 g/mol. The molecule has 8 rings (SSSR count). The Balaban J connectivity index is 1.75. The van der Waals surface area contributed by atoms with Crippen LogP contribution in [0.4, 0.5) is 0 Å². The number of ketones is 2. The van der Waals surface area contributed by atoms with Crippen molar-refractivity contribution in [3.8, 4) is 0 Å². The molecular formula is C12H12O2. The third-order valence-corrected chi connectivity index (χ3v) is 6.14. The Labute approximate surface area is 82.0 Å². The molecule has 0 amide bonds. The zero-order chi connectivity index (χ0) is 9.19. The third kappa shape index (κ3) is 0.396. The minimum atomic E-state index is 0.336. The zero-order valence-electron chi connectivity index (χ0n) is 7.85. The van der Waals surface area contributed by atoms with Crippen molar-refractivity contribution in [2.75, 3.05) is 0 Å². The van der Waals surface area contributed by atoms with Crippen LogP contribution in [0.3, 0.4) is 0 Å². The Kier molecular flexibility index (Phi) is 0.780. The van der Waals surface area contributed by atoms with E-state index in [9.17, 15) is 9.59 Å². The third-order valence-electron chi connectivity index (χ3n) is 6.14. The van der Waals surface area contributed by atoms with Crippen LogP contribution in [0, 0.1) is 47.3 Å². The molecule has 2 heteroatoms. The van der Waals surface area contributed by atoms with Crippen molar-refractivity contribution in [3.63, 3.8) is 0 Å². The predicted molar refractivity (Wildman–Crippen MR) is 47.2 cm³/mol. The molecule has 0 aromatic carbocycles. The summed E-state index contributed by atoms with van der Waals surface area (Å²) in [6.45, 7) is 0. The molecule has 8 atom stereocenters. The summed E-state index contributed by atoms with van der Waals surface area (Å²) in [6, 6.07) is 0. The van der Waals surface area contributed by atoms with Crippen molar-refractivity contribution in [2.45, 2.75) is 12.8 Å². The van der Waals surface area contributed by atoms with Crippen LogP contribution in [0.5, 0.6) is 0 Å². The molecule has 2 nitrogen and oxygen atoms in total. The quantitative estimate of drug-likeness (QED) is 0.566. The van der Waals surface area contributed by atoms with E-state index < -0.39 is 0 Å². The first-order chi connectivity index (χ1) is 6.79. The first-order valence-corrected chi connectivity index (χ1v) is 5.84. The molecule has 0 unspecified atom stereocenters. The standard InChI is InChI=1S/C12H12O2/c13-5-2-4-7-3-1-6(14)10-11(7)9(4)12(10)8(3)5/h3-4,7-12H,1-2H2/t3-,4+,7+,8-,9+,10+,11-,12-/m0/s1. The number of carbonyl (C=O) groups is 2. The Hall–Kier alpha value is -0.660. The summed E-state index contributed by atoms with van der Waals surface area (Å²) in [5, 5.41) is 0. The van der Waals surface area contributed by atoms with Crippen LogP contribution in [-0.4, -0.2) is 11.6 Å². The number of hydrogen-bond acceptors (Lipinski definition) is 2. The van der Waals surface area contributed by atoms with Crippen LogP contribution < -0.4 is 0 Å². The Morgan fingerprint density at radius 1 is 0.714 bits per heavy atom.